The summed E-state index contributed by atoms with van der Waals surface area (Å²) in [5.74, 6) is 0.0946. The van der Waals surface area contributed by atoms with E-state index in [1.54, 1.807) is 6.92 Å². The lowest BCUT2D eigenvalue weighted by Crippen LogP contribution is -1.96. The Labute approximate surface area is 154 Å². The van der Waals surface area contributed by atoms with Crippen LogP contribution in [0.3, 0.4) is 0 Å². The van der Waals surface area contributed by atoms with Crippen LogP contribution in [0.15, 0.2) is 40.9 Å². The van der Waals surface area contributed by atoms with Crippen LogP contribution < -0.4 is 0 Å². The standard InChI is InChI=1S/C18H13Br3O/c1-10(22)11-2-4-13-15(6-11)18(9-20)16-7-12(21)3-5-14(16)17(13)8-19/h2-7H,8-9H2,1H3. The fourth-order valence-corrected chi connectivity index (χ4v) is 4.45. The molecule has 0 saturated heterocycles. The molecule has 0 aliphatic carbocycles. The minimum atomic E-state index is 0.0946. The number of carbonyl (C=O) groups is 1. The first-order valence-electron chi connectivity index (χ1n) is 6.86. The van der Waals surface area contributed by atoms with Crippen molar-refractivity contribution < 1.29 is 4.79 Å². The second-order valence-electron chi connectivity index (χ2n) is 5.23. The second kappa shape index (κ2) is 6.42. The molecule has 0 aromatic heterocycles. The van der Waals surface area contributed by atoms with Crippen molar-refractivity contribution in [3.05, 3.63) is 57.6 Å². The maximum Gasteiger partial charge on any atom is 0.159 e. The summed E-state index contributed by atoms with van der Waals surface area (Å²) in [6.07, 6.45) is 0. The van der Waals surface area contributed by atoms with Crippen LogP contribution >= 0.6 is 47.8 Å². The van der Waals surface area contributed by atoms with Crippen LogP contribution in [0.5, 0.6) is 0 Å². The minimum absolute atomic E-state index is 0.0946. The highest BCUT2D eigenvalue weighted by Crippen LogP contribution is 2.37. The molecule has 1 nitrogen and oxygen atoms in total. The first kappa shape index (κ1) is 16.2. The van der Waals surface area contributed by atoms with Crippen LogP contribution in [-0.2, 0) is 10.7 Å². The molecule has 0 amide bonds. The van der Waals surface area contributed by atoms with Crippen LogP contribution in [0.1, 0.15) is 28.4 Å². The van der Waals surface area contributed by atoms with Gasteiger partial charge in [0.1, 0.15) is 0 Å². The monoisotopic (exact) mass is 482 g/mol. The van der Waals surface area contributed by atoms with Crippen molar-refractivity contribution in [3.63, 3.8) is 0 Å². The molecule has 0 N–H and O–H groups in total. The van der Waals surface area contributed by atoms with Crippen molar-refractivity contribution in [2.75, 3.05) is 0 Å². The summed E-state index contributed by atoms with van der Waals surface area (Å²) in [6.45, 7) is 1.61. The van der Waals surface area contributed by atoms with E-state index in [-0.39, 0.29) is 5.78 Å². The van der Waals surface area contributed by atoms with Gasteiger partial charge in [0.05, 0.1) is 0 Å². The first-order chi connectivity index (χ1) is 10.6. The van der Waals surface area contributed by atoms with E-state index in [9.17, 15) is 4.79 Å². The normalized spacial score (nSPS) is 11.3. The molecule has 112 valence electrons. The highest BCUT2D eigenvalue weighted by atomic mass is 79.9. The van der Waals surface area contributed by atoms with Gasteiger partial charge in [-0.05, 0) is 57.8 Å². The van der Waals surface area contributed by atoms with Crippen LogP contribution in [0.25, 0.3) is 21.5 Å². The number of hydrogen-bond donors (Lipinski definition) is 0. The number of carbonyl (C=O) groups excluding carboxylic acids is 1. The van der Waals surface area contributed by atoms with Gasteiger partial charge in [0.15, 0.2) is 5.78 Å². The molecule has 0 aliphatic heterocycles. The SMILES string of the molecule is CC(=O)c1ccc2c(CBr)c3ccc(Br)cc3c(CBr)c2c1. The predicted octanol–water partition coefficient (Wildman–Crippen LogP) is 6.75. The van der Waals surface area contributed by atoms with Crippen molar-refractivity contribution in [3.8, 4) is 0 Å². The van der Waals surface area contributed by atoms with E-state index in [0.29, 0.717) is 0 Å². The summed E-state index contributed by atoms with van der Waals surface area (Å²) in [5, 5.41) is 6.34. The molecule has 0 atom stereocenters. The number of fused-ring (bicyclic) bond motifs is 2. The van der Waals surface area contributed by atoms with Gasteiger partial charge in [-0.25, -0.2) is 0 Å². The number of Topliss-reactive ketones (excluding diaryl/α,β-unsaturated/α-hetero) is 1. The lowest BCUT2D eigenvalue weighted by Gasteiger charge is -2.15. The van der Waals surface area contributed by atoms with Gasteiger partial charge in [-0.1, -0.05) is 66.0 Å². The highest BCUT2D eigenvalue weighted by molar-refractivity contribution is 9.10. The molecular weight excluding hydrogens is 472 g/mol. The Morgan fingerprint density at radius 3 is 2.00 bits per heavy atom. The van der Waals surface area contributed by atoms with Gasteiger partial charge in [-0.15, -0.1) is 0 Å². The summed E-state index contributed by atoms with van der Waals surface area (Å²) < 4.78 is 1.06. The first-order valence-corrected chi connectivity index (χ1v) is 9.90. The number of hydrogen-bond acceptors (Lipinski definition) is 1. The molecule has 3 aromatic rings. The maximum atomic E-state index is 11.7. The molecule has 3 aromatic carbocycles. The van der Waals surface area contributed by atoms with Crippen molar-refractivity contribution >= 4 is 75.1 Å². The molecule has 22 heavy (non-hydrogen) atoms. The lowest BCUT2D eigenvalue weighted by atomic mass is 9.91. The summed E-state index contributed by atoms with van der Waals surface area (Å²) in [6, 6.07) is 12.4. The third-order valence-corrected chi connectivity index (χ3v) is 5.59. The molecule has 0 bridgehead atoms. The number of halogens is 3. The molecule has 0 spiro atoms. The number of alkyl halides is 2. The van der Waals surface area contributed by atoms with Gasteiger partial charge in [0.2, 0.25) is 0 Å². The summed E-state index contributed by atoms with van der Waals surface area (Å²) in [4.78, 5) is 11.7. The molecule has 0 aliphatic rings. The van der Waals surface area contributed by atoms with Crippen LogP contribution in [-0.4, -0.2) is 5.78 Å². The lowest BCUT2D eigenvalue weighted by molar-refractivity contribution is 0.101. The van der Waals surface area contributed by atoms with Gasteiger partial charge in [-0.3, -0.25) is 4.79 Å². The van der Waals surface area contributed by atoms with E-state index in [2.05, 4.69) is 72.1 Å². The van der Waals surface area contributed by atoms with Gasteiger partial charge >= 0.3 is 0 Å². The molecular formula is C18H13Br3O. The fourth-order valence-electron chi connectivity index (χ4n) is 2.88. The fraction of sp³-hybridized carbons (Fsp3) is 0.167. The zero-order valence-electron chi connectivity index (χ0n) is 11.9. The van der Waals surface area contributed by atoms with Crippen LogP contribution in [0.2, 0.25) is 0 Å². The quantitative estimate of drug-likeness (QED) is 0.228. The Hall–Kier alpha value is -0.710. The van der Waals surface area contributed by atoms with Gasteiger partial charge in [0, 0.05) is 20.7 Å². The van der Waals surface area contributed by atoms with Gasteiger partial charge < -0.3 is 0 Å². The average Bonchev–Trinajstić information content (AvgIpc) is 2.51. The van der Waals surface area contributed by atoms with E-state index in [1.165, 1.54) is 27.3 Å². The van der Waals surface area contributed by atoms with Crippen molar-refractivity contribution in [2.24, 2.45) is 0 Å². The predicted molar refractivity (Wildman–Crippen MR) is 104 cm³/mol. The molecule has 3 rings (SSSR count). The molecule has 0 heterocycles. The Bertz CT molecular complexity index is 900. The molecule has 0 radical (unpaired) electrons. The van der Waals surface area contributed by atoms with Gasteiger partial charge in [0.25, 0.3) is 0 Å². The van der Waals surface area contributed by atoms with Crippen molar-refractivity contribution in [2.45, 2.75) is 17.6 Å². The van der Waals surface area contributed by atoms with Crippen molar-refractivity contribution in [1.29, 1.82) is 0 Å². The van der Waals surface area contributed by atoms with E-state index < -0.39 is 0 Å². The second-order valence-corrected chi connectivity index (χ2v) is 7.27. The van der Waals surface area contributed by atoms with E-state index in [0.717, 1.165) is 26.1 Å². The third kappa shape index (κ3) is 2.66. The average molecular weight is 485 g/mol. The Morgan fingerprint density at radius 2 is 1.41 bits per heavy atom. The topological polar surface area (TPSA) is 17.1 Å². The number of ketones is 1. The van der Waals surface area contributed by atoms with Crippen LogP contribution in [0, 0.1) is 0 Å². The highest BCUT2D eigenvalue weighted by Gasteiger charge is 2.14. The van der Waals surface area contributed by atoms with Crippen molar-refractivity contribution in [1.82, 2.24) is 0 Å². The van der Waals surface area contributed by atoms with Crippen LogP contribution in [0.4, 0.5) is 0 Å². The van der Waals surface area contributed by atoms with E-state index in [4.69, 9.17) is 0 Å². The Morgan fingerprint density at radius 1 is 0.864 bits per heavy atom. The summed E-state index contributed by atoms with van der Waals surface area (Å²) in [5.41, 5.74) is 3.24. The Balaban J connectivity index is 2.55. The summed E-state index contributed by atoms with van der Waals surface area (Å²) in [7, 11) is 0. The van der Waals surface area contributed by atoms with E-state index in [1.807, 2.05) is 12.1 Å². The molecule has 0 unspecified atom stereocenters. The molecule has 0 fully saturated rings. The largest absolute Gasteiger partial charge is 0.295 e. The van der Waals surface area contributed by atoms with Gasteiger partial charge in [-0.2, -0.15) is 0 Å². The third-order valence-electron chi connectivity index (χ3n) is 3.98. The maximum absolute atomic E-state index is 11.7. The Kier molecular flexibility index (Phi) is 4.72. The molecule has 4 heteroatoms. The zero-order chi connectivity index (χ0) is 15.9. The summed E-state index contributed by atoms with van der Waals surface area (Å²) >= 11 is 10.8. The van der Waals surface area contributed by atoms with E-state index >= 15 is 0 Å². The minimum Gasteiger partial charge on any atom is -0.295 e. The number of benzene rings is 3. The number of rotatable bonds is 3. The molecule has 0 saturated carbocycles. The zero-order valence-corrected chi connectivity index (χ0v) is 16.7. The smallest absolute Gasteiger partial charge is 0.159 e.